The zero-order valence-corrected chi connectivity index (χ0v) is 12.8. The average molecular weight is 291 g/mol. The molecule has 1 atom stereocenters. The molecule has 0 amide bonds. The Labute approximate surface area is 131 Å². The van der Waals surface area contributed by atoms with Gasteiger partial charge in [-0.1, -0.05) is 54.6 Å². The largest absolute Gasteiger partial charge is 0.497 e. The lowest BCUT2D eigenvalue weighted by Crippen LogP contribution is -2.25. The minimum absolute atomic E-state index is 0.110. The minimum atomic E-state index is 0.110. The first-order valence-electron chi connectivity index (χ1n) is 7.61. The molecule has 3 aromatic rings. The fraction of sp³-hybridized carbons (Fsp3) is 0.200. The lowest BCUT2D eigenvalue weighted by Gasteiger charge is -2.14. The molecule has 0 aromatic heterocycles. The number of methoxy groups -OCH3 is 1. The van der Waals surface area contributed by atoms with Crippen LogP contribution in [0.1, 0.15) is 11.1 Å². The van der Waals surface area contributed by atoms with Crippen LogP contribution in [-0.4, -0.2) is 13.2 Å². The van der Waals surface area contributed by atoms with Crippen LogP contribution in [0.4, 0.5) is 0 Å². The van der Waals surface area contributed by atoms with E-state index in [1.807, 2.05) is 12.1 Å². The molecule has 0 bridgehead atoms. The SMILES string of the molecule is COc1ccc2cccc(CC(N)Cc3ccccc3)c2c1. The lowest BCUT2D eigenvalue weighted by atomic mass is 9.95. The Kier molecular flexibility index (Phi) is 4.40. The summed E-state index contributed by atoms with van der Waals surface area (Å²) in [5, 5.41) is 2.45. The topological polar surface area (TPSA) is 35.2 Å². The molecule has 2 nitrogen and oxygen atoms in total. The molecule has 0 aliphatic carbocycles. The van der Waals surface area contributed by atoms with Crippen LogP contribution in [0.3, 0.4) is 0 Å². The molecule has 0 heterocycles. The summed E-state index contributed by atoms with van der Waals surface area (Å²) in [7, 11) is 1.70. The molecule has 0 saturated carbocycles. The highest BCUT2D eigenvalue weighted by atomic mass is 16.5. The van der Waals surface area contributed by atoms with Gasteiger partial charge in [-0.05, 0) is 46.9 Å². The number of rotatable bonds is 5. The molecule has 22 heavy (non-hydrogen) atoms. The van der Waals surface area contributed by atoms with Crippen molar-refractivity contribution in [1.82, 2.24) is 0 Å². The molecule has 0 spiro atoms. The Morgan fingerprint density at radius 1 is 0.909 bits per heavy atom. The van der Waals surface area contributed by atoms with E-state index in [4.69, 9.17) is 10.5 Å². The van der Waals surface area contributed by atoms with Crippen molar-refractivity contribution in [2.75, 3.05) is 7.11 Å². The molecule has 0 aliphatic heterocycles. The third-order valence-corrected chi connectivity index (χ3v) is 4.00. The molecule has 0 saturated heterocycles. The number of fused-ring (bicyclic) bond motifs is 1. The lowest BCUT2D eigenvalue weighted by molar-refractivity contribution is 0.415. The van der Waals surface area contributed by atoms with E-state index in [-0.39, 0.29) is 6.04 Å². The van der Waals surface area contributed by atoms with Gasteiger partial charge in [0.1, 0.15) is 5.75 Å². The molecular weight excluding hydrogens is 270 g/mol. The van der Waals surface area contributed by atoms with E-state index in [1.165, 1.54) is 21.9 Å². The standard InChI is InChI=1S/C20H21NO/c1-22-19-11-10-16-8-5-9-17(20(16)14-19)13-18(21)12-15-6-3-2-4-7-15/h2-11,14,18H,12-13,21H2,1H3. The predicted molar refractivity (Wildman–Crippen MR) is 92.3 cm³/mol. The fourth-order valence-corrected chi connectivity index (χ4v) is 2.89. The van der Waals surface area contributed by atoms with Gasteiger partial charge in [0, 0.05) is 6.04 Å². The van der Waals surface area contributed by atoms with Gasteiger partial charge >= 0.3 is 0 Å². The van der Waals surface area contributed by atoms with E-state index in [0.717, 1.165) is 18.6 Å². The number of benzene rings is 3. The summed E-state index contributed by atoms with van der Waals surface area (Å²) in [5.41, 5.74) is 8.93. The number of hydrogen-bond donors (Lipinski definition) is 1. The van der Waals surface area contributed by atoms with E-state index >= 15 is 0 Å². The molecular formula is C20H21NO. The van der Waals surface area contributed by atoms with E-state index in [9.17, 15) is 0 Å². The summed E-state index contributed by atoms with van der Waals surface area (Å²) < 4.78 is 5.35. The molecule has 2 N–H and O–H groups in total. The maximum atomic E-state index is 6.37. The maximum Gasteiger partial charge on any atom is 0.119 e. The zero-order valence-electron chi connectivity index (χ0n) is 12.8. The van der Waals surface area contributed by atoms with E-state index in [0.29, 0.717) is 0 Å². The van der Waals surface area contributed by atoms with Crippen molar-refractivity contribution in [3.63, 3.8) is 0 Å². The number of ether oxygens (including phenoxy) is 1. The molecule has 112 valence electrons. The van der Waals surface area contributed by atoms with Gasteiger partial charge in [-0.3, -0.25) is 0 Å². The highest BCUT2D eigenvalue weighted by Crippen LogP contribution is 2.25. The molecule has 3 aromatic carbocycles. The van der Waals surface area contributed by atoms with E-state index in [1.54, 1.807) is 7.11 Å². The Morgan fingerprint density at radius 2 is 1.73 bits per heavy atom. The molecule has 0 aliphatic rings. The average Bonchev–Trinajstić information content (AvgIpc) is 2.55. The summed E-state index contributed by atoms with van der Waals surface area (Å²) in [6, 6.07) is 23.1. The van der Waals surface area contributed by atoms with Crippen LogP contribution in [0.2, 0.25) is 0 Å². The van der Waals surface area contributed by atoms with E-state index < -0.39 is 0 Å². The smallest absolute Gasteiger partial charge is 0.119 e. The third-order valence-electron chi connectivity index (χ3n) is 4.00. The van der Waals surface area contributed by atoms with Gasteiger partial charge in [-0.25, -0.2) is 0 Å². The van der Waals surface area contributed by atoms with Gasteiger partial charge in [-0.15, -0.1) is 0 Å². The van der Waals surface area contributed by atoms with Crippen LogP contribution < -0.4 is 10.5 Å². The highest BCUT2D eigenvalue weighted by molar-refractivity contribution is 5.87. The van der Waals surface area contributed by atoms with Crippen LogP contribution in [0.15, 0.2) is 66.7 Å². The molecule has 3 rings (SSSR count). The second kappa shape index (κ2) is 6.63. The van der Waals surface area contributed by atoms with Gasteiger partial charge in [0.2, 0.25) is 0 Å². The van der Waals surface area contributed by atoms with Crippen LogP contribution in [-0.2, 0) is 12.8 Å². The van der Waals surface area contributed by atoms with Crippen molar-refractivity contribution in [3.05, 3.63) is 77.9 Å². The Bertz CT molecular complexity index is 752. The van der Waals surface area contributed by atoms with Crippen molar-refractivity contribution in [2.24, 2.45) is 5.73 Å². The quantitative estimate of drug-likeness (QED) is 0.772. The van der Waals surface area contributed by atoms with Crippen LogP contribution >= 0.6 is 0 Å². The molecule has 1 unspecified atom stereocenters. The Hall–Kier alpha value is -2.32. The number of nitrogens with two attached hydrogens (primary N) is 1. The van der Waals surface area contributed by atoms with Crippen LogP contribution in [0, 0.1) is 0 Å². The third kappa shape index (κ3) is 3.29. The number of hydrogen-bond acceptors (Lipinski definition) is 2. The first kappa shape index (κ1) is 14.6. The van der Waals surface area contributed by atoms with Gasteiger partial charge in [0.05, 0.1) is 7.11 Å². The summed E-state index contributed by atoms with van der Waals surface area (Å²) in [6.45, 7) is 0. The second-order valence-electron chi connectivity index (χ2n) is 5.66. The van der Waals surface area contributed by atoms with Crippen molar-refractivity contribution < 1.29 is 4.74 Å². The first-order chi connectivity index (χ1) is 10.8. The van der Waals surface area contributed by atoms with Crippen molar-refractivity contribution in [3.8, 4) is 5.75 Å². The monoisotopic (exact) mass is 291 g/mol. The van der Waals surface area contributed by atoms with Crippen LogP contribution in [0.5, 0.6) is 5.75 Å². The van der Waals surface area contributed by atoms with E-state index in [2.05, 4.69) is 54.6 Å². The minimum Gasteiger partial charge on any atom is -0.497 e. The highest BCUT2D eigenvalue weighted by Gasteiger charge is 2.09. The first-order valence-corrected chi connectivity index (χ1v) is 7.61. The summed E-state index contributed by atoms with van der Waals surface area (Å²) in [6.07, 6.45) is 1.75. The Balaban J connectivity index is 1.83. The van der Waals surface area contributed by atoms with Crippen molar-refractivity contribution >= 4 is 10.8 Å². The Morgan fingerprint density at radius 3 is 2.50 bits per heavy atom. The normalized spacial score (nSPS) is 12.3. The van der Waals surface area contributed by atoms with Crippen molar-refractivity contribution in [2.45, 2.75) is 18.9 Å². The maximum absolute atomic E-state index is 6.37. The zero-order chi connectivity index (χ0) is 15.4. The summed E-state index contributed by atoms with van der Waals surface area (Å²) in [5.74, 6) is 0.886. The molecule has 0 radical (unpaired) electrons. The van der Waals surface area contributed by atoms with Gasteiger partial charge in [-0.2, -0.15) is 0 Å². The molecule has 0 fully saturated rings. The molecule has 2 heteroatoms. The van der Waals surface area contributed by atoms with Gasteiger partial charge < -0.3 is 10.5 Å². The van der Waals surface area contributed by atoms with Crippen LogP contribution in [0.25, 0.3) is 10.8 Å². The summed E-state index contributed by atoms with van der Waals surface area (Å²) in [4.78, 5) is 0. The van der Waals surface area contributed by atoms with Gasteiger partial charge in [0.15, 0.2) is 0 Å². The van der Waals surface area contributed by atoms with Gasteiger partial charge in [0.25, 0.3) is 0 Å². The fourth-order valence-electron chi connectivity index (χ4n) is 2.89. The predicted octanol–water partition coefficient (Wildman–Crippen LogP) is 3.96. The van der Waals surface area contributed by atoms with Crippen molar-refractivity contribution in [1.29, 1.82) is 0 Å². The second-order valence-corrected chi connectivity index (χ2v) is 5.66. The summed E-state index contributed by atoms with van der Waals surface area (Å²) >= 11 is 0.